The van der Waals surface area contributed by atoms with Gasteiger partial charge in [0.1, 0.15) is 0 Å². The lowest BCUT2D eigenvalue weighted by molar-refractivity contribution is -0.186. The van der Waals surface area contributed by atoms with Crippen LogP contribution in [0.25, 0.3) is 0 Å². The topological polar surface area (TPSA) is 57.6 Å². The van der Waals surface area contributed by atoms with Gasteiger partial charge in [0.25, 0.3) is 0 Å². The highest BCUT2D eigenvalue weighted by atomic mass is 19.4. The number of carboxylic acids is 1. The van der Waals surface area contributed by atoms with Gasteiger partial charge in [0, 0.05) is 19.0 Å². The third-order valence-corrected chi connectivity index (χ3v) is 2.57. The first kappa shape index (κ1) is 12.8. The molecule has 1 unspecified atom stereocenters. The lowest BCUT2D eigenvalue weighted by atomic mass is 10.1. The molecule has 0 aliphatic carbocycles. The van der Waals surface area contributed by atoms with E-state index in [1.165, 1.54) is 0 Å². The molecule has 1 aliphatic rings. The van der Waals surface area contributed by atoms with E-state index in [1.807, 2.05) is 0 Å². The van der Waals surface area contributed by atoms with E-state index in [2.05, 4.69) is 0 Å². The third-order valence-electron chi connectivity index (χ3n) is 2.57. The number of halogens is 3. The molecule has 1 aliphatic heterocycles. The fraction of sp³-hybridized carbons (Fsp3) is 0.778. The van der Waals surface area contributed by atoms with Gasteiger partial charge in [-0.15, -0.1) is 0 Å². The molecule has 0 aromatic carbocycles. The molecule has 1 heterocycles. The van der Waals surface area contributed by atoms with Gasteiger partial charge in [0.2, 0.25) is 0 Å². The lowest BCUT2D eigenvalue weighted by Crippen LogP contribution is -2.43. The molecule has 4 nitrogen and oxygen atoms in total. The Labute approximate surface area is 90.0 Å². The number of nitrogens with zero attached hydrogens (tertiary/aromatic N) is 1. The summed E-state index contributed by atoms with van der Waals surface area (Å²) in [6.07, 6.45) is -4.07. The zero-order chi connectivity index (χ0) is 12.3. The molecule has 1 saturated heterocycles. The minimum atomic E-state index is -4.87. The van der Waals surface area contributed by atoms with E-state index < -0.39 is 24.1 Å². The van der Waals surface area contributed by atoms with Crippen LogP contribution in [0.5, 0.6) is 0 Å². The smallest absolute Gasteiger partial charge is 0.471 e. The molecule has 0 saturated carbocycles. The van der Waals surface area contributed by atoms with Crippen molar-refractivity contribution in [2.45, 2.75) is 37.9 Å². The van der Waals surface area contributed by atoms with Crippen molar-refractivity contribution in [1.82, 2.24) is 4.90 Å². The van der Waals surface area contributed by atoms with Crippen LogP contribution in [0.2, 0.25) is 0 Å². The molecule has 0 aromatic rings. The van der Waals surface area contributed by atoms with Crippen molar-refractivity contribution < 1.29 is 27.9 Å². The average molecular weight is 239 g/mol. The normalized spacial score (nSPS) is 21.2. The maximum Gasteiger partial charge on any atom is 0.471 e. The maximum absolute atomic E-state index is 12.2. The third kappa shape index (κ3) is 3.11. The summed E-state index contributed by atoms with van der Waals surface area (Å²) in [6, 6.07) is -0.592. The maximum atomic E-state index is 12.2. The summed E-state index contributed by atoms with van der Waals surface area (Å²) in [5.74, 6) is -2.92. The summed E-state index contributed by atoms with van der Waals surface area (Å²) in [7, 11) is 0. The summed E-state index contributed by atoms with van der Waals surface area (Å²) >= 11 is 0. The first-order chi connectivity index (χ1) is 7.32. The van der Waals surface area contributed by atoms with Crippen LogP contribution < -0.4 is 0 Å². The van der Waals surface area contributed by atoms with Crippen molar-refractivity contribution in [3.63, 3.8) is 0 Å². The Morgan fingerprint density at radius 2 is 2.00 bits per heavy atom. The van der Waals surface area contributed by atoms with Crippen LogP contribution in [0.1, 0.15) is 25.7 Å². The number of hydrogen-bond donors (Lipinski definition) is 1. The molecule has 7 heteroatoms. The second-order valence-corrected chi connectivity index (χ2v) is 3.72. The molecular weight excluding hydrogens is 227 g/mol. The molecule has 1 fully saturated rings. The Morgan fingerprint density at radius 1 is 1.38 bits per heavy atom. The predicted octanol–water partition coefficient (Wildman–Crippen LogP) is 1.40. The van der Waals surface area contributed by atoms with Crippen molar-refractivity contribution in [3.05, 3.63) is 0 Å². The highest BCUT2D eigenvalue weighted by Crippen LogP contribution is 2.27. The highest BCUT2D eigenvalue weighted by Gasteiger charge is 2.45. The second-order valence-electron chi connectivity index (χ2n) is 3.72. The van der Waals surface area contributed by atoms with Crippen LogP contribution in [0.4, 0.5) is 13.2 Å². The summed E-state index contributed by atoms with van der Waals surface area (Å²) in [5.41, 5.74) is 0. The summed E-state index contributed by atoms with van der Waals surface area (Å²) in [6.45, 7) is 0.0582. The van der Waals surface area contributed by atoms with E-state index in [1.54, 1.807) is 0 Å². The number of carboxylic acid groups (broad SMARTS) is 1. The van der Waals surface area contributed by atoms with Gasteiger partial charge in [-0.2, -0.15) is 13.2 Å². The zero-order valence-electron chi connectivity index (χ0n) is 8.46. The standard InChI is InChI=1S/C9H12F3NO3/c10-9(11,12)8(16)13-5-1-2-6(13)3-4-7(14)15/h6H,1-5H2,(H,14,15). The number of aliphatic carboxylic acids is 1. The van der Waals surface area contributed by atoms with Gasteiger partial charge >= 0.3 is 18.1 Å². The fourth-order valence-corrected chi connectivity index (χ4v) is 1.86. The molecule has 0 aromatic heterocycles. The van der Waals surface area contributed by atoms with Gasteiger partial charge in [0.05, 0.1) is 0 Å². The zero-order valence-corrected chi connectivity index (χ0v) is 8.46. The van der Waals surface area contributed by atoms with Gasteiger partial charge in [-0.3, -0.25) is 9.59 Å². The SMILES string of the molecule is O=C(O)CCC1CCCN1C(=O)C(F)(F)F. The Kier molecular flexibility index (Phi) is 3.77. The van der Waals surface area contributed by atoms with Crippen LogP contribution >= 0.6 is 0 Å². The molecule has 0 spiro atoms. The largest absolute Gasteiger partial charge is 0.481 e. The van der Waals surface area contributed by atoms with Crippen LogP contribution in [-0.2, 0) is 9.59 Å². The number of carbonyl (C=O) groups is 2. The van der Waals surface area contributed by atoms with Gasteiger partial charge in [0.15, 0.2) is 0 Å². The van der Waals surface area contributed by atoms with E-state index in [9.17, 15) is 22.8 Å². The van der Waals surface area contributed by atoms with E-state index >= 15 is 0 Å². The van der Waals surface area contributed by atoms with Crippen LogP contribution in [0.3, 0.4) is 0 Å². The lowest BCUT2D eigenvalue weighted by Gasteiger charge is -2.25. The van der Waals surface area contributed by atoms with Crippen LogP contribution in [-0.4, -0.2) is 40.6 Å². The van der Waals surface area contributed by atoms with Crippen LogP contribution in [0, 0.1) is 0 Å². The number of hydrogen-bond acceptors (Lipinski definition) is 2. The molecule has 1 N–H and O–H groups in total. The van der Waals surface area contributed by atoms with Gasteiger partial charge in [-0.05, 0) is 19.3 Å². The van der Waals surface area contributed by atoms with Gasteiger partial charge in [-0.25, -0.2) is 0 Å². The molecule has 0 bridgehead atoms. The van der Waals surface area contributed by atoms with E-state index in [0.717, 1.165) is 4.90 Å². The van der Waals surface area contributed by atoms with E-state index in [0.29, 0.717) is 12.8 Å². The first-order valence-corrected chi connectivity index (χ1v) is 4.92. The average Bonchev–Trinajstić information content (AvgIpc) is 2.59. The van der Waals surface area contributed by atoms with E-state index in [4.69, 9.17) is 5.11 Å². The number of amides is 1. The summed E-state index contributed by atoms with van der Waals surface area (Å²) in [5, 5.41) is 8.43. The minimum Gasteiger partial charge on any atom is -0.481 e. The Hall–Kier alpha value is -1.27. The molecule has 1 atom stereocenters. The van der Waals surface area contributed by atoms with Crippen molar-refractivity contribution in [1.29, 1.82) is 0 Å². The molecule has 92 valence electrons. The molecule has 1 rings (SSSR count). The number of rotatable bonds is 3. The summed E-state index contributed by atoms with van der Waals surface area (Å²) < 4.78 is 36.5. The molecule has 0 radical (unpaired) electrons. The first-order valence-electron chi connectivity index (χ1n) is 4.92. The highest BCUT2D eigenvalue weighted by molar-refractivity contribution is 5.82. The minimum absolute atomic E-state index is 0.0582. The van der Waals surface area contributed by atoms with Crippen molar-refractivity contribution in [3.8, 4) is 0 Å². The van der Waals surface area contributed by atoms with Crippen molar-refractivity contribution in [2.75, 3.05) is 6.54 Å². The number of alkyl halides is 3. The van der Waals surface area contributed by atoms with E-state index in [-0.39, 0.29) is 19.4 Å². The number of likely N-dealkylation sites (tertiary alicyclic amines) is 1. The molecule has 1 amide bonds. The summed E-state index contributed by atoms with van der Waals surface area (Å²) in [4.78, 5) is 22.0. The molecular formula is C9H12F3NO3. The van der Waals surface area contributed by atoms with Gasteiger partial charge in [-0.1, -0.05) is 0 Å². The Balaban J connectivity index is 2.59. The molecule has 16 heavy (non-hydrogen) atoms. The van der Waals surface area contributed by atoms with Crippen LogP contribution in [0.15, 0.2) is 0 Å². The Morgan fingerprint density at radius 3 is 2.50 bits per heavy atom. The Bertz CT molecular complexity index is 290. The van der Waals surface area contributed by atoms with Gasteiger partial charge < -0.3 is 10.0 Å². The number of carbonyl (C=O) groups excluding carboxylic acids is 1. The monoisotopic (exact) mass is 239 g/mol. The van der Waals surface area contributed by atoms with Crippen molar-refractivity contribution >= 4 is 11.9 Å². The second kappa shape index (κ2) is 4.71. The predicted molar refractivity (Wildman–Crippen MR) is 47.7 cm³/mol. The fourth-order valence-electron chi connectivity index (χ4n) is 1.86. The quantitative estimate of drug-likeness (QED) is 0.810. The van der Waals surface area contributed by atoms with Crippen molar-refractivity contribution in [2.24, 2.45) is 0 Å².